The fraction of sp³-hybridized carbons (Fsp3) is 0.625. The third-order valence-electron chi connectivity index (χ3n) is 4.69. The number of carbonyl (C=O) groups excluding carboxylic acids is 1. The Morgan fingerprint density at radius 3 is 2.92 bits per heavy atom. The lowest BCUT2D eigenvalue weighted by atomic mass is 10.1. The number of aryl methyl sites for hydroxylation is 2. The number of amides is 1. The summed E-state index contributed by atoms with van der Waals surface area (Å²) in [5.41, 5.74) is 0. The molecule has 0 bridgehead atoms. The summed E-state index contributed by atoms with van der Waals surface area (Å²) in [6.45, 7) is 1.71. The quantitative estimate of drug-likeness (QED) is 0.850. The van der Waals surface area contributed by atoms with Gasteiger partial charge >= 0.3 is 0 Å². The van der Waals surface area contributed by atoms with E-state index in [2.05, 4.69) is 19.9 Å². The molecule has 24 heavy (non-hydrogen) atoms. The Bertz CT molecular complexity index is 739. The number of aromatic nitrogens is 5. The number of piperidine rings is 1. The van der Waals surface area contributed by atoms with Crippen molar-refractivity contribution in [2.75, 3.05) is 11.4 Å². The Morgan fingerprint density at radius 2 is 2.08 bits per heavy atom. The molecule has 1 fully saturated rings. The average molecular weight is 346 g/mol. The molecule has 2 aromatic rings. The summed E-state index contributed by atoms with van der Waals surface area (Å²) in [5.74, 6) is 1.95. The minimum Gasteiger partial charge on any atom is -0.306 e. The van der Waals surface area contributed by atoms with Crippen LogP contribution in [0.1, 0.15) is 37.9 Å². The molecule has 1 unspecified atom stereocenters. The molecule has 2 aliphatic heterocycles. The van der Waals surface area contributed by atoms with E-state index in [9.17, 15) is 4.79 Å². The number of anilines is 1. The van der Waals surface area contributed by atoms with E-state index in [4.69, 9.17) is 0 Å². The van der Waals surface area contributed by atoms with Crippen LogP contribution in [0.3, 0.4) is 0 Å². The van der Waals surface area contributed by atoms with Crippen LogP contribution >= 0.6 is 11.8 Å². The van der Waals surface area contributed by atoms with Crippen LogP contribution in [0, 0.1) is 0 Å². The smallest absolute Gasteiger partial charge is 0.241 e. The fourth-order valence-corrected chi connectivity index (χ4v) is 4.58. The molecule has 7 nitrogen and oxygen atoms in total. The zero-order valence-corrected chi connectivity index (χ0v) is 14.7. The third-order valence-corrected chi connectivity index (χ3v) is 5.92. The second kappa shape index (κ2) is 6.58. The SMILES string of the molecule is Cn1ccc(N2CCCC(Sc3nnc4n3CCCCC4)C2=O)n1. The lowest BCUT2D eigenvalue weighted by Gasteiger charge is -2.30. The van der Waals surface area contributed by atoms with Crippen molar-refractivity contribution in [3.63, 3.8) is 0 Å². The Morgan fingerprint density at radius 1 is 1.17 bits per heavy atom. The van der Waals surface area contributed by atoms with Gasteiger partial charge in [-0.3, -0.25) is 14.4 Å². The minimum atomic E-state index is -0.0997. The van der Waals surface area contributed by atoms with Crippen LogP contribution in [-0.4, -0.2) is 42.2 Å². The molecule has 1 atom stereocenters. The first kappa shape index (κ1) is 15.7. The molecule has 0 saturated carbocycles. The normalized spacial score (nSPS) is 21.6. The standard InChI is InChI=1S/C16H22N6OS/c1-20-11-8-14(19-20)21-10-5-6-12(15(21)23)24-16-18-17-13-7-3-2-4-9-22(13)16/h8,11-12H,2-7,9-10H2,1H3. The van der Waals surface area contributed by atoms with Crippen molar-refractivity contribution >= 4 is 23.5 Å². The monoisotopic (exact) mass is 346 g/mol. The van der Waals surface area contributed by atoms with Crippen LogP contribution < -0.4 is 4.90 Å². The van der Waals surface area contributed by atoms with Crippen LogP contribution in [0.4, 0.5) is 5.82 Å². The summed E-state index contributed by atoms with van der Waals surface area (Å²) in [6, 6.07) is 1.90. The van der Waals surface area contributed by atoms with Crippen molar-refractivity contribution in [3.05, 3.63) is 18.1 Å². The molecule has 0 aromatic carbocycles. The number of hydrogen-bond acceptors (Lipinski definition) is 5. The van der Waals surface area contributed by atoms with Crippen molar-refractivity contribution in [2.45, 2.75) is 55.5 Å². The Hall–Kier alpha value is -1.83. The number of fused-ring (bicyclic) bond motifs is 1. The maximum absolute atomic E-state index is 12.9. The second-order valence-corrected chi connectivity index (χ2v) is 7.62. The highest BCUT2D eigenvalue weighted by Gasteiger charge is 2.33. The summed E-state index contributed by atoms with van der Waals surface area (Å²) in [6.07, 6.45) is 8.32. The minimum absolute atomic E-state index is 0.0997. The van der Waals surface area contributed by atoms with E-state index in [1.165, 1.54) is 12.8 Å². The van der Waals surface area contributed by atoms with Crippen LogP contribution in [0.5, 0.6) is 0 Å². The van der Waals surface area contributed by atoms with E-state index in [-0.39, 0.29) is 11.2 Å². The molecule has 0 aliphatic carbocycles. The van der Waals surface area contributed by atoms with Gasteiger partial charge in [0, 0.05) is 38.8 Å². The van der Waals surface area contributed by atoms with Crippen molar-refractivity contribution in [2.24, 2.45) is 7.05 Å². The molecule has 4 rings (SSSR count). The van der Waals surface area contributed by atoms with Crippen LogP contribution in [0.2, 0.25) is 0 Å². The van der Waals surface area contributed by atoms with Gasteiger partial charge < -0.3 is 4.57 Å². The number of rotatable bonds is 3. The summed E-state index contributed by atoms with van der Waals surface area (Å²) in [4.78, 5) is 14.7. The highest BCUT2D eigenvalue weighted by atomic mass is 32.2. The van der Waals surface area contributed by atoms with Gasteiger partial charge in [-0.1, -0.05) is 18.2 Å². The molecule has 0 spiro atoms. The second-order valence-electron chi connectivity index (χ2n) is 6.45. The van der Waals surface area contributed by atoms with Gasteiger partial charge in [-0.15, -0.1) is 10.2 Å². The molecular weight excluding hydrogens is 324 g/mol. The van der Waals surface area contributed by atoms with Crippen LogP contribution in [0.15, 0.2) is 17.4 Å². The van der Waals surface area contributed by atoms with Crippen molar-refractivity contribution in [1.82, 2.24) is 24.5 Å². The highest BCUT2D eigenvalue weighted by molar-refractivity contribution is 8.00. The van der Waals surface area contributed by atoms with Crippen LogP contribution in [-0.2, 0) is 24.8 Å². The van der Waals surface area contributed by atoms with Crippen LogP contribution in [0.25, 0.3) is 0 Å². The molecule has 1 saturated heterocycles. The Labute approximate surface area is 145 Å². The predicted octanol–water partition coefficient (Wildman–Crippen LogP) is 2.03. The molecular formula is C16H22N6OS. The first-order valence-corrected chi connectivity index (χ1v) is 9.50. The Balaban J connectivity index is 1.52. The number of thioether (sulfide) groups is 1. The average Bonchev–Trinajstić information content (AvgIpc) is 3.09. The van der Waals surface area contributed by atoms with Gasteiger partial charge in [0.25, 0.3) is 0 Å². The van der Waals surface area contributed by atoms with Gasteiger partial charge in [-0.25, -0.2) is 0 Å². The molecule has 2 aromatic heterocycles. The lowest BCUT2D eigenvalue weighted by Crippen LogP contribution is -2.43. The van der Waals surface area contributed by atoms with E-state index in [0.29, 0.717) is 0 Å². The van der Waals surface area contributed by atoms with E-state index >= 15 is 0 Å². The molecule has 0 N–H and O–H groups in total. The van der Waals surface area contributed by atoms with E-state index in [0.717, 1.165) is 55.6 Å². The van der Waals surface area contributed by atoms with Gasteiger partial charge in [-0.2, -0.15) is 5.10 Å². The first-order chi connectivity index (χ1) is 11.7. The number of carbonyl (C=O) groups is 1. The van der Waals surface area contributed by atoms with E-state index in [1.54, 1.807) is 21.3 Å². The molecule has 2 aliphatic rings. The van der Waals surface area contributed by atoms with E-state index in [1.807, 2.05) is 19.3 Å². The number of hydrogen-bond donors (Lipinski definition) is 0. The van der Waals surface area contributed by atoms with Gasteiger partial charge in [0.05, 0.1) is 5.25 Å². The summed E-state index contributed by atoms with van der Waals surface area (Å²) >= 11 is 1.57. The van der Waals surface area contributed by atoms with E-state index < -0.39 is 0 Å². The third kappa shape index (κ3) is 2.94. The maximum atomic E-state index is 12.9. The molecule has 128 valence electrons. The first-order valence-electron chi connectivity index (χ1n) is 8.62. The summed E-state index contributed by atoms with van der Waals surface area (Å²) < 4.78 is 3.95. The van der Waals surface area contributed by atoms with Gasteiger partial charge in [-0.05, 0) is 25.7 Å². The zero-order valence-electron chi connectivity index (χ0n) is 13.9. The van der Waals surface area contributed by atoms with Gasteiger partial charge in [0.2, 0.25) is 5.91 Å². The molecule has 1 amide bonds. The molecule has 4 heterocycles. The van der Waals surface area contributed by atoms with Gasteiger partial charge in [0.1, 0.15) is 5.82 Å². The molecule has 8 heteroatoms. The largest absolute Gasteiger partial charge is 0.306 e. The van der Waals surface area contributed by atoms with Crippen molar-refractivity contribution in [1.29, 1.82) is 0 Å². The fourth-order valence-electron chi connectivity index (χ4n) is 3.40. The summed E-state index contributed by atoms with van der Waals surface area (Å²) in [7, 11) is 1.87. The van der Waals surface area contributed by atoms with Crippen molar-refractivity contribution < 1.29 is 4.79 Å². The Kier molecular flexibility index (Phi) is 4.30. The van der Waals surface area contributed by atoms with Crippen molar-refractivity contribution in [3.8, 4) is 0 Å². The van der Waals surface area contributed by atoms with Gasteiger partial charge in [0.15, 0.2) is 11.0 Å². The zero-order chi connectivity index (χ0) is 16.5. The molecule has 0 radical (unpaired) electrons. The summed E-state index contributed by atoms with van der Waals surface area (Å²) in [5, 5.41) is 13.9. The lowest BCUT2D eigenvalue weighted by molar-refractivity contribution is -0.119. The topological polar surface area (TPSA) is 68.8 Å². The highest BCUT2D eigenvalue weighted by Crippen LogP contribution is 2.32. The predicted molar refractivity (Wildman–Crippen MR) is 92.0 cm³/mol. The number of nitrogens with zero attached hydrogens (tertiary/aromatic N) is 6. The maximum Gasteiger partial charge on any atom is 0.241 e.